The Morgan fingerprint density at radius 2 is 1.79 bits per heavy atom. The molecule has 1 fully saturated rings. The lowest BCUT2D eigenvalue weighted by Gasteiger charge is -2.34. The Bertz CT molecular complexity index is 1190. The van der Waals surface area contributed by atoms with Gasteiger partial charge in [0.05, 0.1) is 23.5 Å². The van der Waals surface area contributed by atoms with Gasteiger partial charge in [0.1, 0.15) is 5.75 Å². The van der Waals surface area contributed by atoms with E-state index in [4.69, 9.17) is 4.74 Å². The summed E-state index contributed by atoms with van der Waals surface area (Å²) >= 11 is 0. The number of hydrogen-bond acceptors (Lipinski definition) is 6. The number of hydrogen-bond donors (Lipinski definition) is 2. The van der Waals surface area contributed by atoms with Crippen LogP contribution in [0.4, 0.5) is 5.69 Å². The Hall–Kier alpha value is -3.44. The number of carbonyl (C=O) groups excluding carboxylic acids is 3. The second-order valence-corrected chi connectivity index (χ2v) is 10.1. The molecule has 1 atom stereocenters. The van der Waals surface area contributed by atoms with E-state index in [0.717, 1.165) is 5.56 Å². The van der Waals surface area contributed by atoms with Crippen molar-refractivity contribution < 1.29 is 27.5 Å². The molecule has 2 aromatic carbocycles. The number of nitrogens with zero attached hydrogens (tertiary/aromatic N) is 2. The van der Waals surface area contributed by atoms with Crippen LogP contribution in [0, 0.1) is 0 Å². The normalized spacial score (nSPS) is 18.4. The lowest BCUT2D eigenvalue weighted by atomic mass is 10.1. The van der Waals surface area contributed by atoms with Crippen LogP contribution in [0.3, 0.4) is 0 Å². The summed E-state index contributed by atoms with van der Waals surface area (Å²) in [6.07, 6.45) is -0.464. The molecule has 2 aromatic rings. The SMILES string of the molecule is C[C@H]1Oc2ccc(S(=O)(=O)N3CCN(C(=O)CNC(=O)Cc4ccccc4)CC3)cc2NC1=O. The van der Waals surface area contributed by atoms with E-state index in [1.807, 2.05) is 30.3 Å². The summed E-state index contributed by atoms with van der Waals surface area (Å²) in [5.74, 6) is -0.444. The van der Waals surface area contributed by atoms with Gasteiger partial charge in [-0.25, -0.2) is 8.42 Å². The van der Waals surface area contributed by atoms with E-state index >= 15 is 0 Å². The highest BCUT2D eigenvalue weighted by atomic mass is 32.2. The van der Waals surface area contributed by atoms with Crippen molar-refractivity contribution in [1.82, 2.24) is 14.5 Å². The lowest BCUT2D eigenvalue weighted by molar-refractivity contribution is -0.133. The molecule has 1 saturated heterocycles. The van der Waals surface area contributed by atoms with Gasteiger partial charge in [0.15, 0.2) is 6.10 Å². The zero-order chi connectivity index (χ0) is 24.3. The number of rotatable bonds is 6. The number of ether oxygens (including phenoxy) is 1. The van der Waals surface area contributed by atoms with Gasteiger partial charge in [0, 0.05) is 26.2 Å². The first-order valence-corrected chi connectivity index (χ1v) is 12.4. The van der Waals surface area contributed by atoms with Crippen molar-refractivity contribution >= 4 is 33.4 Å². The van der Waals surface area contributed by atoms with Gasteiger partial charge in [-0.05, 0) is 30.7 Å². The molecule has 180 valence electrons. The van der Waals surface area contributed by atoms with Gasteiger partial charge in [-0.3, -0.25) is 14.4 Å². The summed E-state index contributed by atoms with van der Waals surface area (Å²) in [5.41, 5.74) is 1.17. The highest BCUT2D eigenvalue weighted by Crippen LogP contribution is 2.32. The number of carbonyl (C=O) groups is 3. The first-order valence-electron chi connectivity index (χ1n) is 10.9. The Kier molecular flexibility index (Phi) is 6.85. The minimum atomic E-state index is -3.82. The van der Waals surface area contributed by atoms with Crippen LogP contribution < -0.4 is 15.4 Å². The zero-order valence-corrected chi connectivity index (χ0v) is 19.5. The summed E-state index contributed by atoms with van der Waals surface area (Å²) in [5, 5.41) is 5.27. The summed E-state index contributed by atoms with van der Waals surface area (Å²) in [4.78, 5) is 38.0. The van der Waals surface area contributed by atoms with Gasteiger partial charge in [0.2, 0.25) is 21.8 Å². The molecule has 0 aliphatic carbocycles. The van der Waals surface area contributed by atoms with Crippen LogP contribution in [0.2, 0.25) is 0 Å². The van der Waals surface area contributed by atoms with Crippen molar-refractivity contribution in [3.05, 3.63) is 54.1 Å². The first kappa shape index (κ1) is 23.7. The Balaban J connectivity index is 1.30. The predicted octanol–water partition coefficient (Wildman–Crippen LogP) is 0.598. The summed E-state index contributed by atoms with van der Waals surface area (Å²) in [6, 6.07) is 13.6. The van der Waals surface area contributed by atoms with E-state index in [-0.39, 0.29) is 61.8 Å². The lowest BCUT2D eigenvalue weighted by Crippen LogP contribution is -2.52. The molecule has 34 heavy (non-hydrogen) atoms. The smallest absolute Gasteiger partial charge is 0.265 e. The van der Waals surface area contributed by atoms with E-state index in [1.165, 1.54) is 27.4 Å². The molecular weight excluding hydrogens is 460 g/mol. The van der Waals surface area contributed by atoms with Crippen LogP contribution in [0.5, 0.6) is 5.75 Å². The standard InChI is InChI=1S/C23H26N4O6S/c1-16-23(30)25-19-14-18(7-8-20(19)33-16)34(31,32)27-11-9-26(10-12-27)22(29)15-24-21(28)13-17-5-3-2-4-6-17/h2-8,14,16H,9-13,15H2,1H3,(H,24,28)(H,25,30)/t16-/m1/s1. The van der Waals surface area contributed by atoms with Gasteiger partial charge < -0.3 is 20.3 Å². The molecule has 2 aliphatic rings. The average molecular weight is 487 g/mol. The Labute approximate surface area is 197 Å². The molecule has 4 rings (SSSR count). The maximum Gasteiger partial charge on any atom is 0.265 e. The molecule has 10 nitrogen and oxygen atoms in total. The molecule has 2 aliphatic heterocycles. The van der Waals surface area contributed by atoms with Crippen LogP contribution in [0.1, 0.15) is 12.5 Å². The van der Waals surface area contributed by atoms with E-state index in [9.17, 15) is 22.8 Å². The summed E-state index contributed by atoms with van der Waals surface area (Å²) in [6.45, 7) is 2.16. The highest BCUT2D eigenvalue weighted by Gasteiger charge is 2.32. The van der Waals surface area contributed by atoms with Crippen LogP contribution in [0.25, 0.3) is 0 Å². The Morgan fingerprint density at radius 1 is 1.09 bits per heavy atom. The Morgan fingerprint density at radius 3 is 2.50 bits per heavy atom. The largest absolute Gasteiger partial charge is 0.479 e. The molecule has 2 heterocycles. The highest BCUT2D eigenvalue weighted by molar-refractivity contribution is 7.89. The number of anilines is 1. The van der Waals surface area contributed by atoms with Crippen molar-refractivity contribution in [1.29, 1.82) is 0 Å². The first-order chi connectivity index (χ1) is 16.2. The van der Waals surface area contributed by atoms with Gasteiger partial charge in [0.25, 0.3) is 5.91 Å². The molecule has 0 saturated carbocycles. The second kappa shape index (κ2) is 9.82. The van der Waals surface area contributed by atoms with E-state index in [1.54, 1.807) is 6.92 Å². The average Bonchev–Trinajstić information content (AvgIpc) is 2.83. The van der Waals surface area contributed by atoms with Crippen LogP contribution in [-0.2, 0) is 30.8 Å². The fourth-order valence-electron chi connectivity index (χ4n) is 3.81. The van der Waals surface area contributed by atoms with Crippen LogP contribution >= 0.6 is 0 Å². The van der Waals surface area contributed by atoms with Gasteiger partial charge in [-0.1, -0.05) is 30.3 Å². The van der Waals surface area contributed by atoms with Crippen molar-refractivity contribution in [2.45, 2.75) is 24.3 Å². The molecular formula is C23H26N4O6S. The molecule has 0 aromatic heterocycles. The van der Waals surface area contributed by atoms with Gasteiger partial charge in [-0.2, -0.15) is 4.31 Å². The number of sulfonamides is 1. The minimum absolute atomic E-state index is 0.0395. The number of benzene rings is 2. The number of amides is 3. The van der Waals surface area contributed by atoms with Gasteiger partial charge in [-0.15, -0.1) is 0 Å². The quantitative estimate of drug-likeness (QED) is 0.616. The van der Waals surface area contributed by atoms with Crippen LogP contribution in [-0.4, -0.2) is 74.2 Å². The molecule has 0 unspecified atom stereocenters. The maximum absolute atomic E-state index is 13.1. The third-order valence-corrected chi connectivity index (χ3v) is 7.65. The fourth-order valence-corrected chi connectivity index (χ4v) is 5.25. The fraction of sp³-hybridized carbons (Fsp3) is 0.348. The van der Waals surface area contributed by atoms with Crippen molar-refractivity contribution in [3.8, 4) is 5.75 Å². The van der Waals surface area contributed by atoms with Crippen LogP contribution in [0.15, 0.2) is 53.4 Å². The van der Waals surface area contributed by atoms with Gasteiger partial charge >= 0.3 is 0 Å². The van der Waals surface area contributed by atoms with Crippen molar-refractivity contribution in [2.24, 2.45) is 0 Å². The predicted molar refractivity (Wildman–Crippen MR) is 124 cm³/mol. The van der Waals surface area contributed by atoms with Crippen molar-refractivity contribution in [3.63, 3.8) is 0 Å². The molecule has 2 N–H and O–H groups in total. The van der Waals surface area contributed by atoms with E-state index < -0.39 is 16.1 Å². The zero-order valence-electron chi connectivity index (χ0n) is 18.7. The third-order valence-electron chi connectivity index (χ3n) is 5.76. The maximum atomic E-state index is 13.1. The molecule has 3 amide bonds. The number of fused-ring (bicyclic) bond motifs is 1. The monoisotopic (exact) mass is 486 g/mol. The summed E-state index contributed by atoms with van der Waals surface area (Å²) < 4.78 is 33.0. The molecule has 0 radical (unpaired) electrons. The van der Waals surface area contributed by atoms with E-state index in [0.29, 0.717) is 11.4 Å². The third kappa shape index (κ3) is 5.20. The van der Waals surface area contributed by atoms with Crippen molar-refractivity contribution in [2.75, 3.05) is 38.0 Å². The topological polar surface area (TPSA) is 125 Å². The van der Waals surface area contributed by atoms with E-state index in [2.05, 4.69) is 10.6 Å². The molecule has 0 spiro atoms. The minimum Gasteiger partial charge on any atom is -0.479 e. The molecule has 11 heteroatoms. The number of nitrogens with one attached hydrogen (secondary N) is 2. The second-order valence-electron chi connectivity index (χ2n) is 8.13. The number of piperazine rings is 1. The molecule has 0 bridgehead atoms. The summed E-state index contributed by atoms with van der Waals surface area (Å²) in [7, 11) is -3.82.